The summed E-state index contributed by atoms with van der Waals surface area (Å²) in [5.41, 5.74) is 1.57. The fourth-order valence-corrected chi connectivity index (χ4v) is 1.45. The van der Waals surface area contributed by atoms with Crippen molar-refractivity contribution in [1.82, 2.24) is 4.57 Å². The Balaban J connectivity index is 2.97. The molecule has 0 aromatic carbocycles. The summed E-state index contributed by atoms with van der Waals surface area (Å²) < 4.78 is 1.83. The molecule has 1 N–H and O–H groups in total. The van der Waals surface area contributed by atoms with Crippen molar-refractivity contribution in [3.63, 3.8) is 0 Å². The number of carboxylic acids is 1. The van der Waals surface area contributed by atoms with Gasteiger partial charge < -0.3 is 9.67 Å². The second-order valence-corrected chi connectivity index (χ2v) is 3.27. The summed E-state index contributed by atoms with van der Waals surface area (Å²) in [7, 11) is 0. The standard InChI is InChI=1S/C10H13NO3/c1-7-5-9(12)6-8(2)11(7)4-3-10(13)14/h5-6H,3-4H2,1-2H3,(H,13,14). The third-order valence-corrected chi connectivity index (χ3v) is 2.10. The van der Waals surface area contributed by atoms with E-state index in [2.05, 4.69) is 0 Å². The highest BCUT2D eigenvalue weighted by atomic mass is 16.4. The minimum Gasteiger partial charge on any atom is -0.481 e. The minimum absolute atomic E-state index is 0.0356. The van der Waals surface area contributed by atoms with Gasteiger partial charge in [0.1, 0.15) is 0 Å². The summed E-state index contributed by atoms with van der Waals surface area (Å²) in [5.74, 6) is -0.831. The molecule has 0 fully saturated rings. The number of aryl methyl sites for hydroxylation is 2. The van der Waals surface area contributed by atoms with Crippen LogP contribution in [0.15, 0.2) is 16.9 Å². The highest BCUT2D eigenvalue weighted by molar-refractivity contribution is 5.66. The van der Waals surface area contributed by atoms with Crippen LogP contribution in [0.4, 0.5) is 0 Å². The molecule has 1 rings (SSSR count). The Morgan fingerprint density at radius 1 is 1.36 bits per heavy atom. The van der Waals surface area contributed by atoms with Crippen molar-refractivity contribution < 1.29 is 9.90 Å². The van der Waals surface area contributed by atoms with Crippen LogP contribution >= 0.6 is 0 Å². The lowest BCUT2D eigenvalue weighted by Gasteiger charge is -2.12. The van der Waals surface area contributed by atoms with Crippen LogP contribution in [-0.2, 0) is 11.3 Å². The van der Waals surface area contributed by atoms with Gasteiger partial charge in [0, 0.05) is 30.1 Å². The lowest BCUT2D eigenvalue weighted by molar-refractivity contribution is -0.137. The van der Waals surface area contributed by atoms with E-state index < -0.39 is 5.97 Å². The maximum Gasteiger partial charge on any atom is 0.305 e. The second kappa shape index (κ2) is 4.09. The molecule has 0 saturated carbocycles. The first-order valence-electron chi connectivity index (χ1n) is 4.40. The van der Waals surface area contributed by atoms with Gasteiger partial charge in [-0.1, -0.05) is 0 Å². The number of rotatable bonds is 3. The van der Waals surface area contributed by atoms with Crippen molar-refractivity contribution in [2.24, 2.45) is 0 Å². The summed E-state index contributed by atoms with van der Waals surface area (Å²) in [6.45, 7) is 4.01. The van der Waals surface area contributed by atoms with E-state index in [4.69, 9.17) is 5.11 Å². The van der Waals surface area contributed by atoms with Gasteiger partial charge in [-0.05, 0) is 13.8 Å². The van der Waals surface area contributed by atoms with Crippen LogP contribution in [0.3, 0.4) is 0 Å². The zero-order chi connectivity index (χ0) is 10.7. The molecular weight excluding hydrogens is 182 g/mol. The SMILES string of the molecule is Cc1cc(=O)cc(C)n1CCC(=O)O. The van der Waals surface area contributed by atoms with E-state index in [1.165, 1.54) is 12.1 Å². The maximum absolute atomic E-state index is 11.1. The third-order valence-electron chi connectivity index (χ3n) is 2.10. The number of hydrogen-bond donors (Lipinski definition) is 1. The molecule has 1 heterocycles. The predicted octanol–water partition coefficient (Wildman–Crippen LogP) is 0.940. The molecule has 0 aliphatic heterocycles. The maximum atomic E-state index is 11.1. The monoisotopic (exact) mass is 195 g/mol. The van der Waals surface area contributed by atoms with Crippen molar-refractivity contribution in [2.75, 3.05) is 0 Å². The fraction of sp³-hybridized carbons (Fsp3) is 0.400. The molecule has 0 amide bonds. The van der Waals surface area contributed by atoms with E-state index in [0.29, 0.717) is 6.54 Å². The molecule has 0 aliphatic rings. The Bertz CT molecular complexity index is 380. The molecule has 1 aromatic rings. The third kappa shape index (κ3) is 2.45. The van der Waals surface area contributed by atoms with Gasteiger partial charge in [-0.15, -0.1) is 0 Å². The molecule has 0 bridgehead atoms. The molecule has 4 heteroatoms. The van der Waals surface area contributed by atoms with E-state index in [1.54, 1.807) is 13.8 Å². The first-order valence-corrected chi connectivity index (χ1v) is 4.40. The Morgan fingerprint density at radius 2 is 1.86 bits per heavy atom. The van der Waals surface area contributed by atoms with Crippen molar-refractivity contribution in [2.45, 2.75) is 26.8 Å². The van der Waals surface area contributed by atoms with E-state index in [-0.39, 0.29) is 11.8 Å². The van der Waals surface area contributed by atoms with Crippen LogP contribution in [0.5, 0.6) is 0 Å². The molecule has 1 aromatic heterocycles. The first-order chi connectivity index (χ1) is 6.50. The Labute approximate surface area is 81.8 Å². The normalized spacial score (nSPS) is 10.1. The van der Waals surface area contributed by atoms with Crippen molar-refractivity contribution >= 4 is 5.97 Å². The largest absolute Gasteiger partial charge is 0.481 e. The average Bonchev–Trinajstić information content (AvgIpc) is 2.01. The average molecular weight is 195 g/mol. The topological polar surface area (TPSA) is 59.3 Å². The number of aromatic nitrogens is 1. The van der Waals surface area contributed by atoms with Crippen molar-refractivity contribution in [1.29, 1.82) is 0 Å². The van der Waals surface area contributed by atoms with Gasteiger partial charge in [0.2, 0.25) is 0 Å². The molecule has 14 heavy (non-hydrogen) atoms. The quantitative estimate of drug-likeness (QED) is 0.780. The zero-order valence-electron chi connectivity index (χ0n) is 8.28. The highest BCUT2D eigenvalue weighted by Crippen LogP contribution is 2.02. The first kappa shape index (κ1) is 10.5. The van der Waals surface area contributed by atoms with Crippen LogP contribution in [0.1, 0.15) is 17.8 Å². The smallest absolute Gasteiger partial charge is 0.305 e. The summed E-state index contributed by atoms with van der Waals surface area (Å²) in [4.78, 5) is 21.5. The van der Waals surface area contributed by atoms with Crippen LogP contribution in [-0.4, -0.2) is 15.6 Å². The summed E-state index contributed by atoms with van der Waals surface area (Å²) >= 11 is 0. The Morgan fingerprint density at radius 3 is 2.29 bits per heavy atom. The highest BCUT2D eigenvalue weighted by Gasteiger charge is 2.03. The van der Waals surface area contributed by atoms with E-state index in [9.17, 15) is 9.59 Å². The lowest BCUT2D eigenvalue weighted by Crippen LogP contribution is -2.14. The lowest BCUT2D eigenvalue weighted by atomic mass is 10.2. The van der Waals surface area contributed by atoms with Crippen molar-refractivity contribution in [3.8, 4) is 0 Å². The minimum atomic E-state index is -0.831. The van der Waals surface area contributed by atoms with Crippen LogP contribution in [0.2, 0.25) is 0 Å². The van der Waals surface area contributed by atoms with Gasteiger partial charge in [-0.25, -0.2) is 0 Å². The number of carboxylic acid groups (broad SMARTS) is 1. The van der Waals surface area contributed by atoms with Gasteiger partial charge >= 0.3 is 5.97 Å². The van der Waals surface area contributed by atoms with E-state index >= 15 is 0 Å². The predicted molar refractivity (Wildman–Crippen MR) is 52.4 cm³/mol. The van der Waals surface area contributed by atoms with E-state index in [0.717, 1.165) is 11.4 Å². The van der Waals surface area contributed by atoms with Gasteiger partial charge in [0.15, 0.2) is 5.43 Å². The van der Waals surface area contributed by atoms with Crippen LogP contribution in [0.25, 0.3) is 0 Å². The molecule has 76 valence electrons. The van der Waals surface area contributed by atoms with Gasteiger partial charge in [0.05, 0.1) is 6.42 Å². The number of carbonyl (C=O) groups is 1. The molecule has 0 atom stereocenters. The van der Waals surface area contributed by atoms with Gasteiger partial charge in [-0.2, -0.15) is 0 Å². The summed E-state index contributed by atoms with van der Waals surface area (Å²) in [6, 6.07) is 3.02. The number of hydrogen-bond acceptors (Lipinski definition) is 2. The number of pyridine rings is 1. The molecule has 0 radical (unpaired) electrons. The molecule has 4 nitrogen and oxygen atoms in total. The molecule has 0 unspecified atom stereocenters. The molecule has 0 saturated heterocycles. The Hall–Kier alpha value is -1.58. The molecule has 0 aliphatic carbocycles. The van der Waals surface area contributed by atoms with Crippen molar-refractivity contribution in [3.05, 3.63) is 33.7 Å². The summed E-state index contributed by atoms with van der Waals surface area (Å²) in [6.07, 6.45) is 0.0740. The van der Waals surface area contributed by atoms with Gasteiger partial charge in [-0.3, -0.25) is 9.59 Å². The van der Waals surface area contributed by atoms with Gasteiger partial charge in [0.25, 0.3) is 0 Å². The second-order valence-electron chi connectivity index (χ2n) is 3.27. The van der Waals surface area contributed by atoms with Crippen LogP contribution in [0, 0.1) is 13.8 Å². The van der Waals surface area contributed by atoms with Crippen LogP contribution < -0.4 is 5.43 Å². The van der Waals surface area contributed by atoms with E-state index in [1.807, 2.05) is 4.57 Å². The fourth-order valence-electron chi connectivity index (χ4n) is 1.45. The molecule has 0 spiro atoms. The Kier molecular flexibility index (Phi) is 3.06. The summed E-state index contributed by atoms with van der Waals surface area (Å²) in [5, 5.41) is 8.54. The number of nitrogens with zero attached hydrogens (tertiary/aromatic N) is 1. The molecular formula is C10H13NO3. The number of aliphatic carboxylic acids is 1. The zero-order valence-corrected chi connectivity index (χ0v) is 8.28.